The summed E-state index contributed by atoms with van der Waals surface area (Å²) in [5.74, 6) is 0.404. The van der Waals surface area contributed by atoms with E-state index in [9.17, 15) is 9.59 Å². The molecule has 0 saturated heterocycles. The zero-order chi connectivity index (χ0) is 19.3. The Kier molecular flexibility index (Phi) is 6.99. The summed E-state index contributed by atoms with van der Waals surface area (Å²) < 4.78 is 11.5. The number of rotatable bonds is 2. The molecule has 0 aromatic heterocycles. The largest absolute Gasteiger partial charge is 0.491 e. The number of amides is 2. The standard InChI is InChI=1S/C19H29N3O4/c1-12-9-20-13(2)11-26-17-8-15(21-14(3)23)6-7-16(17)19(24)22(4)10-18(12)25-5/h6-8,12-13,18,20H,9-11H2,1-5H3,(H,21,23)/t12-,13+,18+/m0/s1. The summed E-state index contributed by atoms with van der Waals surface area (Å²) in [6.07, 6.45) is -0.0638. The molecule has 7 nitrogen and oxygen atoms in total. The summed E-state index contributed by atoms with van der Waals surface area (Å²) >= 11 is 0. The van der Waals surface area contributed by atoms with Crippen LogP contribution in [0, 0.1) is 5.92 Å². The summed E-state index contributed by atoms with van der Waals surface area (Å²) in [4.78, 5) is 25.9. The number of anilines is 1. The lowest BCUT2D eigenvalue weighted by atomic mass is 10.0. The Morgan fingerprint density at radius 2 is 2.12 bits per heavy atom. The third kappa shape index (κ3) is 5.19. The van der Waals surface area contributed by atoms with Gasteiger partial charge in [0.25, 0.3) is 5.91 Å². The number of carbonyl (C=O) groups excluding carboxylic acids is 2. The maximum absolute atomic E-state index is 12.9. The van der Waals surface area contributed by atoms with E-state index in [0.29, 0.717) is 30.2 Å². The van der Waals surface area contributed by atoms with Crippen LogP contribution in [0.25, 0.3) is 0 Å². The lowest BCUT2D eigenvalue weighted by Crippen LogP contribution is -2.44. The monoisotopic (exact) mass is 363 g/mol. The molecule has 1 heterocycles. The quantitative estimate of drug-likeness (QED) is 0.837. The number of nitrogens with one attached hydrogen (secondary N) is 2. The highest BCUT2D eigenvalue weighted by atomic mass is 16.5. The Balaban J connectivity index is 2.35. The van der Waals surface area contributed by atoms with Crippen LogP contribution in [0.3, 0.4) is 0 Å². The molecule has 3 atom stereocenters. The van der Waals surface area contributed by atoms with Crippen molar-refractivity contribution in [3.05, 3.63) is 23.8 Å². The van der Waals surface area contributed by atoms with Gasteiger partial charge in [0.1, 0.15) is 12.4 Å². The van der Waals surface area contributed by atoms with E-state index in [-0.39, 0.29) is 29.9 Å². The third-order valence-electron chi connectivity index (χ3n) is 4.55. The topological polar surface area (TPSA) is 79.9 Å². The maximum Gasteiger partial charge on any atom is 0.257 e. The first kappa shape index (κ1) is 20.2. The molecular formula is C19H29N3O4. The predicted octanol–water partition coefficient (Wildman–Crippen LogP) is 1.74. The van der Waals surface area contributed by atoms with Crippen LogP contribution in [0.15, 0.2) is 18.2 Å². The van der Waals surface area contributed by atoms with Crippen molar-refractivity contribution < 1.29 is 19.1 Å². The first-order valence-corrected chi connectivity index (χ1v) is 8.88. The van der Waals surface area contributed by atoms with Gasteiger partial charge in [-0.1, -0.05) is 6.92 Å². The highest BCUT2D eigenvalue weighted by molar-refractivity contribution is 5.98. The van der Waals surface area contributed by atoms with Crippen molar-refractivity contribution in [2.75, 3.05) is 39.2 Å². The minimum absolute atomic E-state index is 0.0638. The Bertz CT molecular complexity index is 650. The van der Waals surface area contributed by atoms with Gasteiger partial charge in [0, 0.05) is 52.0 Å². The third-order valence-corrected chi connectivity index (χ3v) is 4.55. The number of benzene rings is 1. The first-order chi connectivity index (χ1) is 12.3. The molecule has 0 spiro atoms. The van der Waals surface area contributed by atoms with E-state index in [1.54, 1.807) is 37.3 Å². The Morgan fingerprint density at radius 1 is 1.38 bits per heavy atom. The van der Waals surface area contributed by atoms with Gasteiger partial charge >= 0.3 is 0 Å². The van der Waals surface area contributed by atoms with Crippen molar-refractivity contribution in [1.82, 2.24) is 10.2 Å². The molecule has 0 saturated carbocycles. The van der Waals surface area contributed by atoms with Gasteiger partial charge in [-0.2, -0.15) is 0 Å². The number of carbonyl (C=O) groups is 2. The zero-order valence-electron chi connectivity index (χ0n) is 16.2. The van der Waals surface area contributed by atoms with Gasteiger partial charge in [0.05, 0.1) is 11.7 Å². The number of hydrogen-bond donors (Lipinski definition) is 2. The Morgan fingerprint density at radius 3 is 2.77 bits per heavy atom. The molecule has 144 valence electrons. The molecule has 1 aliphatic heterocycles. The van der Waals surface area contributed by atoms with Crippen molar-refractivity contribution in [2.24, 2.45) is 5.92 Å². The van der Waals surface area contributed by atoms with Gasteiger partial charge in [-0.15, -0.1) is 0 Å². The molecule has 2 rings (SSSR count). The van der Waals surface area contributed by atoms with Crippen LogP contribution in [-0.4, -0.2) is 62.7 Å². The predicted molar refractivity (Wildman–Crippen MR) is 101 cm³/mol. The second kappa shape index (κ2) is 9.00. The van der Waals surface area contributed by atoms with E-state index < -0.39 is 0 Å². The van der Waals surface area contributed by atoms with Gasteiger partial charge in [-0.05, 0) is 25.0 Å². The average Bonchev–Trinajstić information content (AvgIpc) is 2.60. The summed E-state index contributed by atoms with van der Waals surface area (Å²) in [6.45, 7) is 7.25. The molecule has 26 heavy (non-hydrogen) atoms. The van der Waals surface area contributed by atoms with Crippen LogP contribution in [0.5, 0.6) is 5.75 Å². The minimum Gasteiger partial charge on any atom is -0.491 e. The number of nitrogens with zero attached hydrogens (tertiary/aromatic N) is 1. The van der Waals surface area contributed by atoms with E-state index in [0.717, 1.165) is 6.54 Å². The van der Waals surface area contributed by atoms with Crippen LogP contribution in [-0.2, 0) is 9.53 Å². The van der Waals surface area contributed by atoms with Crippen molar-refractivity contribution in [3.8, 4) is 5.75 Å². The van der Waals surface area contributed by atoms with Crippen molar-refractivity contribution in [1.29, 1.82) is 0 Å². The van der Waals surface area contributed by atoms with Crippen molar-refractivity contribution in [3.63, 3.8) is 0 Å². The Labute approximate surface area is 155 Å². The van der Waals surface area contributed by atoms with Crippen LogP contribution in [0.4, 0.5) is 5.69 Å². The molecule has 0 fully saturated rings. The number of fused-ring (bicyclic) bond motifs is 1. The number of ether oxygens (including phenoxy) is 2. The van der Waals surface area contributed by atoms with Gasteiger partial charge in [0.2, 0.25) is 5.91 Å². The van der Waals surface area contributed by atoms with E-state index in [1.807, 2.05) is 6.92 Å². The zero-order valence-corrected chi connectivity index (χ0v) is 16.2. The molecule has 0 aliphatic carbocycles. The highest BCUT2D eigenvalue weighted by Gasteiger charge is 2.25. The van der Waals surface area contributed by atoms with Crippen LogP contribution in [0.1, 0.15) is 31.1 Å². The van der Waals surface area contributed by atoms with Gasteiger partial charge < -0.3 is 25.0 Å². The maximum atomic E-state index is 12.9. The molecule has 1 aliphatic rings. The van der Waals surface area contributed by atoms with Crippen LogP contribution >= 0.6 is 0 Å². The molecule has 2 amide bonds. The average molecular weight is 363 g/mol. The molecule has 1 aromatic carbocycles. The minimum atomic E-state index is -0.173. The van der Waals surface area contributed by atoms with E-state index in [2.05, 4.69) is 17.6 Å². The first-order valence-electron chi connectivity index (χ1n) is 8.88. The Hall–Kier alpha value is -2.12. The fourth-order valence-corrected chi connectivity index (χ4v) is 2.94. The smallest absolute Gasteiger partial charge is 0.257 e. The lowest BCUT2D eigenvalue weighted by molar-refractivity contribution is -0.114. The summed E-state index contributed by atoms with van der Waals surface area (Å²) in [6, 6.07) is 5.20. The van der Waals surface area contributed by atoms with Gasteiger partial charge in [-0.25, -0.2) is 0 Å². The molecule has 1 aromatic rings. The summed E-state index contributed by atoms with van der Waals surface area (Å²) in [7, 11) is 3.43. The molecule has 2 N–H and O–H groups in total. The van der Waals surface area contributed by atoms with Crippen LogP contribution in [0.2, 0.25) is 0 Å². The highest BCUT2D eigenvalue weighted by Crippen LogP contribution is 2.26. The van der Waals surface area contributed by atoms with Crippen LogP contribution < -0.4 is 15.4 Å². The SMILES string of the molecule is CO[C@@H]1CN(C)C(=O)c2ccc(NC(C)=O)cc2OC[C@@H](C)NC[C@@H]1C. The second-order valence-corrected chi connectivity index (χ2v) is 6.95. The number of likely N-dealkylation sites (N-methyl/N-ethyl adjacent to an activating group) is 1. The van der Waals surface area contributed by atoms with E-state index in [1.165, 1.54) is 6.92 Å². The molecule has 7 heteroatoms. The van der Waals surface area contributed by atoms with Gasteiger partial charge in [-0.3, -0.25) is 9.59 Å². The molecular weight excluding hydrogens is 334 g/mol. The van der Waals surface area contributed by atoms with E-state index in [4.69, 9.17) is 9.47 Å². The summed E-state index contributed by atoms with van der Waals surface area (Å²) in [5.41, 5.74) is 1.07. The molecule has 0 unspecified atom stereocenters. The number of hydrogen-bond acceptors (Lipinski definition) is 5. The normalized spacial score (nSPS) is 24.7. The molecule has 0 radical (unpaired) electrons. The second-order valence-electron chi connectivity index (χ2n) is 6.95. The van der Waals surface area contributed by atoms with Gasteiger partial charge in [0.15, 0.2) is 0 Å². The fraction of sp³-hybridized carbons (Fsp3) is 0.579. The lowest BCUT2D eigenvalue weighted by Gasteiger charge is -2.30. The van der Waals surface area contributed by atoms with Crippen molar-refractivity contribution >= 4 is 17.5 Å². The van der Waals surface area contributed by atoms with Crippen molar-refractivity contribution in [2.45, 2.75) is 32.9 Å². The number of methoxy groups -OCH3 is 1. The molecule has 0 bridgehead atoms. The van der Waals surface area contributed by atoms with E-state index >= 15 is 0 Å². The summed E-state index contributed by atoms with van der Waals surface area (Å²) in [5, 5.41) is 6.16. The fourth-order valence-electron chi connectivity index (χ4n) is 2.94.